The Labute approximate surface area is 180 Å². The molecule has 0 N–H and O–H groups in total. The molecule has 2 nitrogen and oxygen atoms in total. The van der Waals surface area contributed by atoms with E-state index in [-0.39, 0.29) is 6.04 Å². The highest BCUT2D eigenvalue weighted by molar-refractivity contribution is 7.10. The molecule has 154 valence electrons. The summed E-state index contributed by atoms with van der Waals surface area (Å²) in [7, 11) is 0. The lowest BCUT2D eigenvalue weighted by atomic mass is 9.67. The third kappa shape index (κ3) is 3.96. The minimum absolute atomic E-state index is 0.288. The van der Waals surface area contributed by atoms with Crippen molar-refractivity contribution in [3.8, 4) is 0 Å². The number of fused-ring (bicyclic) bond motifs is 3. The molecular weight excluding hydrogens is 372 g/mol. The maximum atomic E-state index is 5.47. The topological polar surface area (TPSA) is 15.6 Å². The molecule has 1 aliphatic carbocycles. The summed E-state index contributed by atoms with van der Waals surface area (Å²) in [5, 5.41) is 2.19. The summed E-state index contributed by atoms with van der Waals surface area (Å²) in [4.78, 5) is 9.67. The molecule has 3 unspecified atom stereocenters. The molecule has 29 heavy (non-hydrogen) atoms. The summed E-state index contributed by atoms with van der Waals surface area (Å²) < 4.78 is 0. The monoisotopic (exact) mass is 406 g/mol. The molecule has 4 fully saturated rings. The predicted molar refractivity (Wildman–Crippen MR) is 124 cm³/mol. The van der Waals surface area contributed by atoms with Crippen molar-refractivity contribution in [2.45, 2.75) is 69.9 Å². The molecule has 3 atom stereocenters. The Bertz CT molecular complexity index is 798. The number of thiophene rings is 1. The van der Waals surface area contributed by atoms with Crippen LogP contribution in [0.15, 0.2) is 52.8 Å². The molecule has 3 saturated heterocycles. The van der Waals surface area contributed by atoms with E-state index < -0.39 is 0 Å². The lowest BCUT2D eigenvalue weighted by molar-refractivity contribution is 0.104. The van der Waals surface area contributed by atoms with Gasteiger partial charge in [0.25, 0.3) is 0 Å². The quantitative estimate of drug-likeness (QED) is 0.539. The van der Waals surface area contributed by atoms with E-state index in [1.807, 2.05) is 11.3 Å². The summed E-state index contributed by atoms with van der Waals surface area (Å²) in [5.41, 5.74) is 3.08. The average molecular weight is 407 g/mol. The highest BCUT2D eigenvalue weighted by Crippen LogP contribution is 2.45. The molecular formula is C26H34N2S. The molecule has 1 saturated carbocycles. The van der Waals surface area contributed by atoms with Crippen LogP contribution in [-0.4, -0.2) is 29.7 Å². The lowest BCUT2D eigenvalue weighted by Gasteiger charge is -2.51. The predicted octanol–water partition coefficient (Wildman–Crippen LogP) is 6.71. The van der Waals surface area contributed by atoms with Gasteiger partial charge >= 0.3 is 0 Å². The highest BCUT2D eigenvalue weighted by atomic mass is 32.1. The summed E-state index contributed by atoms with van der Waals surface area (Å²) in [6, 6.07) is 16.7. The fraction of sp³-hybridized carbons (Fsp3) is 0.577. The van der Waals surface area contributed by atoms with E-state index in [2.05, 4.69) is 59.7 Å². The minimum Gasteiger partial charge on any atom is -0.294 e. The first-order valence-corrected chi connectivity index (χ1v) is 12.6. The van der Waals surface area contributed by atoms with E-state index in [0.29, 0.717) is 17.9 Å². The maximum absolute atomic E-state index is 5.47. The molecule has 4 heterocycles. The fourth-order valence-electron chi connectivity index (χ4n) is 6.19. The van der Waals surface area contributed by atoms with Gasteiger partial charge in [0.1, 0.15) is 0 Å². The second-order valence-corrected chi connectivity index (χ2v) is 10.3. The number of nitrogens with zero attached hydrogens (tertiary/aromatic N) is 2. The Hall–Kier alpha value is -1.45. The SMILES string of the molecule is CC(N=C1C2CCN(CC2)C1C(c1ccccc1)C1CCCCC1)c1cccs1. The van der Waals surface area contributed by atoms with Crippen molar-refractivity contribution in [3.63, 3.8) is 0 Å². The number of benzene rings is 1. The first kappa shape index (κ1) is 19.5. The number of aliphatic imine (C=N–C) groups is 1. The summed E-state index contributed by atoms with van der Waals surface area (Å²) >= 11 is 1.85. The Kier molecular flexibility index (Phi) is 5.87. The van der Waals surface area contributed by atoms with Gasteiger partial charge in [0, 0.05) is 22.4 Å². The third-order valence-corrected chi connectivity index (χ3v) is 8.67. The average Bonchev–Trinajstić information content (AvgIpc) is 3.33. The zero-order valence-electron chi connectivity index (χ0n) is 17.7. The van der Waals surface area contributed by atoms with Crippen LogP contribution in [-0.2, 0) is 0 Å². The zero-order chi connectivity index (χ0) is 19.6. The van der Waals surface area contributed by atoms with Gasteiger partial charge in [0.15, 0.2) is 0 Å². The normalized spacial score (nSPS) is 31.1. The molecule has 0 spiro atoms. The third-order valence-electron chi connectivity index (χ3n) is 7.62. The van der Waals surface area contributed by atoms with E-state index in [9.17, 15) is 0 Å². The van der Waals surface area contributed by atoms with Crippen LogP contribution in [0.1, 0.15) is 74.3 Å². The van der Waals surface area contributed by atoms with Crippen LogP contribution in [0.25, 0.3) is 0 Å². The largest absolute Gasteiger partial charge is 0.294 e. The van der Waals surface area contributed by atoms with Crippen LogP contribution < -0.4 is 0 Å². The molecule has 0 radical (unpaired) electrons. The van der Waals surface area contributed by atoms with Gasteiger partial charge in [-0.05, 0) is 68.6 Å². The summed E-state index contributed by atoms with van der Waals surface area (Å²) in [6.07, 6.45) is 9.62. The highest BCUT2D eigenvalue weighted by Gasteiger charge is 2.46. The van der Waals surface area contributed by atoms with Crippen molar-refractivity contribution in [2.75, 3.05) is 13.1 Å². The van der Waals surface area contributed by atoms with Crippen molar-refractivity contribution < 1.29 is 0 Å². The van der Waals surface area contributed by atoms with E-state index in [1.54, 1.807) is 5.56 Å². The molecule has 2 bridgehead atoms. The van der Waals surface area contributed by atoms with Gasteiger partial charge in [-0.2, -0.15) is 0 Å². The molecule has 3 heteroatoms. The number of hydrogen-bond donors (Lipinski definition) is 0. The van der Waals surface area contributed by atoms with Gasteiger partial charge < -0.3 is 0 Å². The molecule has 0 amide bonds. The van der Waals surface area contributed by atoms with Crippen molar-refractivity contribution >= 4 is 17.0 Å². The molecule has 6 rings (SSSR count). The number of hydrogen-bond acceptors (Lipinski definition) is 3. The Morgan fingerprint density at radius 1 is 0.931 bits per heavy atom. The fourth-order valence-corrected chi connectivity index (χ4v) is 6.91. The van der Waals surface area contributed by atoms with Crippen molar-refractivity contribution in [1.82, 2.24) is 4.90 Å². The zero-order valence-corrected chi connectivity index (χ0v) is 18.5. The van der Waals surface area contributed by atoms with E-state index in [0.717, 1.165) is 5.92 Å². The van der Waals surface area contributed by atoms with E-state index in [4.69, 9.17) is 4.99 Å². The van der Waals surface area contributed by atoms with E-state index in [1.165, 1.54) is 68.6 Å². The smallest absolute Gasteiger partial charge is 0.0813 e. The van der Waals surface area contributed by atoms with Crippen LogP contribution in [0.4, 0.5) is 0 Å². The second kappa shape index (κ2) is 8.73. The van der Waals surface area contributed by atoms with Crippen molar-refractivity contribution in [2.24, 2.45) is 16.8 Å². The van der Waals surface area contributed by atoms with Crippen LogP contribution in [0.5, 0.6) is 0 Å². The van der Waals surface area contributed by atoms with Gasteiger partial charge in [-0.1, -0.05) is 55.7 Å². The first-order chi connectivity index (χ1) is 14.3. The minimum atomic E-state index is 0.288. The van der Waals surface area contributed by atoms with Gasteiger partial charge in [0.05, 0.1) is 12.1 Å². The molecule has 4 aliphatic rings. The Morgan fingerprint density at radius 2 is 1.69 bits per heavy atom. The number of piperidine rings is 3. The van der Waals surface area contributed by atoms with E-state index >= 15 is 0 Å². The van der Waals surface area contributed by atoms with Crippen molar-refractivity contribution in [3.05, 3.63) is 58.3 Å². The van der Waals surface area contributed by atoms with Gasteiger partial charge in [0.2, 0.25) is 0 Å². The molecule has 2 aromatic rings. The summed E-state index contributed by atoms with van der Waals surface area (Å²) in [5.74, 6) is 2.11. The van der Waals surface area contributed by atoms with Gasteiger partial charge in [-0.3, -0.25) is 9.89 Å². The van der Waals surface area contributed by atoms with Crippen LogP contribution in [0.2, 0.25) is 0 Å². The Balaban J connectivity index is 1.54. The second-order valence-electron chi connectivity index (χ2n) is 9.33. The van der Waals surface area contributed by atoms with Crippen LogP contribution in [0.3, 0.4) is 0 Å². The van der Waals surface area contributed by atoms with Gasteiger partial charge in [-0.15, -0.1) is 11.3 Å². The molecule has 3 aliphatic heterocycles. The van der Waals surface area contributed by atoms with Crippen LogP contribution in [0, 0.1) is 11.8 Å². The molecule has 1 aromatic heterocycles. The lowest BCUT2D eigenvalue weighted by Crippen LogP contribution is -2.58. The van der Waals surface area contributed by atoms with Gasteiger partial charge in [-0.25, -0.2) is 0 Å². The number of rotatable bonds is 5. The van der Waals surface area contributed by atoms with Crippen molar-refractivity contribution in [1.29, 1.82) is 0 Å². The standard InChI is InChI=1S/C26H34N2S/c1-19(23-13-8-18-29-23)27-25-22-14-16-28(17-15-22)26(25)24(20-9-4-2-5-10-20)21-11-6-3-7-12-21/h2,4-5,8-10,13,18-19,21-22,24,26H,3,6-7,11-12,14-17H2,1H3. The Morgan fingerprint density at radius 3 is 2.38 bits per heavy atom. The molecule has 1 aromatic carbocycles. The first-order valence-electron chi connectivity index (χ1n) is 11.7. The van der Waals surface area contributed by atoms with Crippen LogP contribution >= 0.6 is 11.3 Å². The maximum Gasteiger partial charge on any atom is 0.0813 e. The summed E-state index contributed by atoms with van der Waals surface area (Å²) in [6.45, 7) is 4.82.